The summed E-state index contributed by atoms with van der Waals surface area (Å²) in [5.74, 6) is -0.301. The van der Waals surface area contributed by atoms with Gasteiger partial charge in [-0.1, -0.05) is 51.1 Å². The smallest absolute Gasteiger partial charge is 0.218 e. The van der Waals surface area contributed by atoms with Gasteiger partial charge in [0.1, 0.15) is 0 Å². The number of rotatable bonds is 1. The molecule has 5 heteroatoms. The van der Waals surface area contributed by atoms with Gasteiger partial charge in [-0.2, -0.15) is 0 Å². The molecule has 5 nitrogen and oxygen atoms in total. The second-order valence-corrected chi connectivity index (χ2v) is 8.72. The van der Waals surface area contributed by atoms with Crippen molar-refractivity contribution < 1.29 is 19.1 Å². The summed E-state index contributed by atoms with van der Waals surface area (Å²) in [6, 6.07) is 7.59. The zero-order valence-electron chi connectivity index (χ0n) is 15.2. The summed E-state index contributed by atoms with van der Waals surface area (Å²) >= 11 is 0. The highest BCUT2D eigenvalue weighted by Gasteiger charge is 2.64. The molecule has 1 aromatic carbocycles. The summed E-state index contributed by atoms with van der Waals surface area (Å²) < 4.78 is 11.4. The lowest BCUT2D eigenvalue weighted by atomic mass is 9.74. The quantitative estimate of drug-likeness (QED) is 0.776. The van der Waals surface area contributed by atoms with E-state index in [4.69, 9.17) is 9.47 Å². The van der Waals surface area contributed by atoms with Gasteiger partial charge in [-0.05, 0) is 11.6 Å². The third-order valence-corrected chi connectivity index (χ3v) is 6.16. The molecule has 6 atom stereocenters. The van der Waals surface area contributed by atoms with Gasteiger partial charge >= 0.3 is 0 Å². The van der Waals surface area contributed by atoms with Crippen LogP contribution in [0.25, 0.3) is 6.08 Å². The second-order valence-electron chi connectivity index (χ2n) is 8.72. The van der Waals surface area contributed by atoms with Crippen molar-refractivity contribution in [2.75, 3.05) is 11.5 Å². The monoisotopic (exact) mass is 353 g/mol. The Morgan fingerprint density at radius 3 is 2.77 bits per heavy atom. The molecule has 0 aliphatic carbocycles. The fourth-order valence-corrected chi connectivity index (χ4v) is 5.02. The molecule has 136 valence electrons. The van der Waals surface area contributed by atoms with Crippen LogP contribution in [0.1, 0.15) is 26.3 Å². The zero-order valence-corrected chi connectivity index (χ0v) is 15.2. The average Bonchev–Trinajstić information content (AvgIpc) is 3.19. The predicted octanol–water partition coefficient (Wildman–Crippen LogP) is 2.44. The fourth-order valence-electron chi connectivity index (χ4n) is 5.02. The number of ketones is 2. The summed E-state index contributed by atoms with van der Waals surface area (Å²) in [5.41, 5.74) is 1.62. The van der Waals surface area contributed by atoms with Crippen LogP contribution >= 0.6 is 0 Å². The number of para-hydroxylation sites is 1. The maximum atomic E-state index is 13.5. The Morgan fingerprint density at radius 2 is 2.00 bits per heavy atom. The third-order valence-electron chi connectivity index (χ3n) is 6.16. The molecule has 1 aromatic rings. The Kier molecular flexibility index (Phi) is 3.29. The molecule has 2 bridgehead atoms. The van der Waals surface area contributed by atoms with Crippen LogP contribution in [0.5, 0.6) is 0 Å². The largest absolute Gasteiger partial charge is 0.353 e. The van der Waals surface area contributed by atoms with Crippen LogP contribution in [0.15, 0.2) is 30.3 Å². The van der Waals surface area contributed by atoms with Crippen molar-refractivity contribution in [3.63, 3.8) is 0 Å². The van der Waals surface area contributed by atoms with E-state index in [0.717, 1.165) is 11.3 Å². The first-order valence-corrected chi connectivity index (χ1v) is 9.28. The Bertz CT molecular complexity index is 824. The van der Waals surface area contributed by atoms with E-state index in [-0.39, 0.29) is 41.6 Å². The van der Waals surface area contributed by atoms with Crippen molar-refractivity contribution in [1.82, 2.24) is 0 Å². The van der Waals surface area contributed by atoms with Gasteiger partial charge in [0.15, 0.2) is 11.6 Å². The minimum absolute atomic E-state index is 0.0213. The van der Waals surface area contributed by atoms with Crippen molar-refractivity contribution in [3.8, 4) is 0 Å². The second kappa shape index (κ2) is 5.27. The van der Waals surface area contributed by atoms with Gasteiger partial charge in [0.2, 0.25) is 6.29 Å². The van der Waals surface area contributed by atoms with E-state index in [1.165, 1.54) is 0 Å². The van der Waals surface area contributed by atoms with Gasteiger partial charge in [0.25, 0.3) is 0 Å². The van der Waals surface area contributed by atoms with E-state index in [0.29, 0.717) is 6.61 Å². The van der Waals surface area contributed by atoms with Crippen molar-refractivity contribution in [2.45, 2.75) is 45.2 Å². The van der Waals surface area contributed by atoms with E-state index in [2.05, 4.69) is 23.1 Å². The normalized spacial score (nSPS) is 37.3. The third kappa shape index (κ3) is 2.04. The predicted molar refractivity (Wildman–Crippen MR) is 96.6 cm³/mol. The summed E-state index contributed by atoms with van der Waals surface area (Å²) in [5, 5.41) is 0. The highest BCUT2D eigenvalue weighted by Crippen LogP contribution is 2.51. The molecule has 0 unspecified atom stereocenters. The van der Waals surface area contributed by atoms with Crippen LogP contribution in [-0.2, 0) is 19.1 Å². The molecule has 0 radical (unpaired) electrons. The molecule has 3 saturated heterocycles. The number of hydrogen-bond donors (Lipinski definition) is 0. The van der Waals surface area contributed by atoms with Crippen molar-refractivity contribution in [2.24, 2.45) is 17.3 Å². The van der Waals surface area contributed by atoms with Crippen LogP contribution in [-0.4, -0.2) is 42.7 Å². The summed E-state index contributed by atoms with van der Waals surface area (Å²) in [6.45, 7) is 6.23. The number of fused-ring (bicyclic) bond motifs is 8. The van der Waals surface area contributed by atoms with Gasteiger partial charge in [0.05, 0.1) is 30.7 Å². The van der Waals surface area contributed by atoms with Gasteiger partial charge < -0.3 is 14.4 Å². The van der Waals surface area contributed by atoms with Crippen molar-refractivity contribution in [3.05, 3.63) is 35.9 Å². The number of hydrogen-bond acceptors (Lipinski definition) is 5. The Labute approximate surface area is 153 Å². The number of carbonyl (C=O) groups excluding carboxylic acids is 2. The molecule has 26 heavy (non-hydrogen) atoms. The Hall–Kier alpha value is -1.98. The van der Waals surface area contributed by atoms with Crippen molar-refractivity contribution >= 4 is 23.3 Å². The summed E-state index contributed by atoms with van der Waals surface area (Å²) in [7, 11) is 0. The number of Topliss-reactive ketones (excluding diaryl/α,β-unsaturated/α-hetero) is 2. The van der Waals surface area contributed by atoms with Crippen LogP contribution in [0.2, 0.25) is 0 Å². The zero-order chi connectivity index (χ0) is 18.2. The highest BCUT2D eigenvalue weighted by atomic mass is 16.7. The lowest BCUT2D eigenvalue weighted by Gasteiger charge is -2.38. The minimum atomic E-state index is -0.767. The fraction of sp³-hybridized carbons (Fsp3) is 0.524. The average molecular weight is 353 g/mol. The molecular weight excluding hydrogens is 330 g/mol. The van der Waals surface area contributed by atoms with Gasteiger partial charge in [-0.15, -0.1) is 0 Å². The number of carbonyl (C=O) groups is 2. The molecule has 0 aromatic heterocycles. The molecule has 0 saturated carbocycles. The molecule has 0 spiro atoms. The Morgan fingerprint density at radius 1 is 1.23 bits per heavy atom. The molecule has 4 aliphatic rings. The lowest BCUT2D eigenvalue weighted by Crippen LogP contribution is -2.51. The number of nitrogens with zero attached hydrogens (tertiary/aromatic N) is 1. The van der Waals surface area contributed by atoms with Gasteiger partial charge in [-0.25, -0.2) is 0 Å². The lowest BCUT2D eigenvalue weighted by molar-refractivity contribution is -0.164. The number of anilines is 1. The van der Waals surface area contributed by atoms with Gasteiger partial charge in [0, 0.05) is 17.0 Å². The Balaban J connectivity index is 1.69. The maximum absolute atomic E-state index is 13.5. The SMILES string of the molecule is CC(C)(C)C(=O)[C@@H]1[C@H]2[C@H](C(=O)[C@@H]3OC[C@H]2O3)[C@H]2C=Cc3ccccc3N21. The first-order valence-electron chi connectivity index (χ1n) is 9.28. The molecular formula is C21H23NO4. The minimum Gasteiger partial charge on any atom is -0.353 e. The molecule has 3 fully saturated rings. The van der Waals surface area contributed by atoms with Crippen LogP contribution < -0.4 is 4.90 Å². The summed E-state index contributed by atoms with van der Waals surface area (Å²) in [4.78, 5) is 28.7. The van der Waals surface area contributed by atoms with E-state index < -0.39 is 11.7 Å². The molecule has 0 N–H and O–H groups in total. The van der Waals surface area contributed by atoms with Crippen LogP contribution in [0.4, 0.5) is 5.69 Å². The first-order chi connectivity index (χ1) is 12.4. The highest BCUT2D eigenvalue weighted by molar-refractivity contribution is 5.98. The van der Waals surface area contributed by atoms with Crippen LogP contribution in [0.3, 0.4) is 0 Å². The van der Waals surface area contributed by atoms with Gasteiger partial charge in [-0.3, -0.25) is 9.59 Å². The van der Waals surface area contributed by atoms with E-state index >= 15 is 0 Å². The molecule has 4 heterocycles. The van der Waals surface area contributed by atoms with Crippen molar-refractivity contribution in [1.29, 1.82) is 0 Å². The number of benzene rings is 1. The molecule has 5 rings (SSSR count). The number of ether oxygens (including phenoxy) is 2. The van der Waals surface area contributed by atoms with Crippen LogP contribution in [0, 0.1) is 17.3 Å². The first kappa shape index (κ1) is 16.2. The molecule has 0 amide bonds. The van der Waals surface area contributed by atoms with E-state index in [1.54, 1.807) is 0 Å². The van der Waals surface area contributed by atoms with E-state index in [1.807, 2.05) is 39.0 Å². The molecule has 4 aliphatic heterocycles. The summed E-state index contributed by atoms with van der Waals surface area (Å²) in [6.07, 6.45) is 3.18. The topological polar surface area (TPSA) is 55.8 Å². The standard InChI is InChI=1S/C21H23NO4/c1-21(2,3)19(24)17-16-14-10-25-20(26-14)18(23)15(16)13-9-8-11-6-4-5-7-12(11)22(13)17/h4-9,13-17,20H,10H2,1-3H3/t13-,14-,15-,16-,17+,20-/m1/s1. The van der Waals surface area contributed by atoms with E-state index in [9.17, 15) is 9.59 Å². The maximum Gasteiger partial charge on any atom is 0.218 e.